The van der Waals surface area contributed by atoms with Gasteiger partial charge in [0.1, 0.15) is 0 Å². The first-order valence-electron chi connectivity index (χ1n) is 7.37. The number of likely N-dealkylation sites (tertiary alicyclic amines) is 1. The summed E-state index contributed by atoms with van der Waals surface area (Å²) in [6, 6.07) is 1.30. The fourth-order valence-electron chi connectivity index (χ4n) is 3.72. The molecule has 2 rings (SSSR count). The molecule has 2 atom stereocenters. The smallest absolute Gasteiger partial charge is 0.0446 e. The van der Waals surface area contributed by atoms with Crippen LogP contribution >= 0.6 is 0 Å². The zero-order valence-electron chi connectivity index (χ0n) is 11.2. The van der Waals surface area contributed by atoms with Gasteiger partial charge in [-0.15, -0.1) is 0 Å². The van der Waals surface area contributed by atoms with Gasteiger partial charge in [-0.05, 0) is 51.6 Å². The molecule has 0 aromatic heterocycles. The van der Waals surface area contributed by atoms with E-state index in [2.05, 4.69) is 10.2 Å². The SMILES string of the molecule is CNC(CCO)CN1CCCC1C1CCCC1. The van der Waals surface area contributed by atoms with Gasteiger partial charge in [0.15, 0.2) is 0 Å². The Hall–Kier alpha value is -0.120. The lowest BCUT2D eigenvalue weighted by Gasteiger charge is -2.32. The Bertz CT molecular complexity index is 216. The van der Waals surface area contributed by atoms with Gasteiger partial charge < -0.3 is 10.4 Å². The average molecular weight is 240 g/mol. The van der Waals surface area contributed by atoms with Crippen LogP contribution in [0.2, 0.25) is 0 Å². The van der Waals surface area contributed by atoms with E-state index in [1.807, 2.05) is 7.05 Å². The van der Waals surface area contributed by atoms with Gasteiger partial charge in [-0.2, -0.15) is 0 Å². The summed E-state index contributed by atoms with van der Waals surface area (Å²) in [5.41, 5.74) is 0. The van der Waals surface area contributed by atoms with Crippen LogP contribution in [-0.4, -0.2) is 48.8 Å². The topological polar surface area (TPSA) is 35.5 Å². The van der Waals surface area contributed by atoms with E-state index >= 15 is 0 Å². The van der Waals surface area contributed by atoms with Crippen LogP contribution in [0.5, 0.6) is 0 Å². The number of hydrogen-bond donors (Lipinski definition) is 2. The zero-order valence-corrected chi connectivity index (χ0v) is 11.2. The monoisotopic (exact) mass is 240 g/mol. The van der Waals surface area contributed by atoms with Gasteiger partial charge in [0.05, 0.1) is 0 Å². The van der Waals surface area contributed by atoms with Crippen molar-refractivity contribution in [1.29, 1.82) is 0 Å². The van der Waals surface area contributed by atoms with E-state index in [-0.39, 0.29) is 0 Å². The Morgan fingerprint density at radius 1 is 1.24 bits per heavy atom. The fraction of sp³-hybridized carbons (Fsp3) is 1.00. The summed E-state index contributed by atoms with van der Waals surface area (Å²) in [4.78, 5) is 2.69. The molecule has 3 heteroatoms. The number of nitrogens with zero attached hydrogens (tertiary/aromatic N) is 1. The molecule has 1 aliphatic carbocycles. The van der Waals surface area contributed by atoms with E-state index in [0.29, 0.717) is 12.6 Å². The summed E-state index contributed by atoms with van der Waals surface area (Å²) in [6.07, 6.45) is 9.44. The van der Waals surface area contributed by atoms with Crippen molar-refractivity contribution >= 4 is 0 Å². The van der Waals surface area contributed by atoms with Crippen LogP contribution in [-0.2, 0) is 0 Å². The van der Waals surface area contributed by atoms with Crippen LogP contribution < -0.4 is 5.32 Å². The van der Waals surface area contributed by atoms with Crippen LogP contribution in [0.1, 0.15) is 44.9 Å². The predicted molar refractivity (Wildman–Crippen MR) is 71.1 cm³/mol. The summed E-state index contributed by atoms with van der Waals surface area (Å²) in [7, 11) is 2.01. The minimum absolute atomic E-state index is 0.299. The molecule has 1 aliphatic heterocycles. The lowest BCUT2D eigenvalue weighted by molar-refractivity contribution is 0.162. The van der Waals surface area contributed by atoms with Crippen LogP contribution in [0.4, 0.5) is 0 Å². The molecular formula is C14H28N2O. The van der Waals surface area contributed by atoms with E-state index < -0.39 is 0 Å². The van der Waals surface area contributed by atoms with Gasteiger partial charge in [-0.1, -0.05) is 12.8 Å². The third kappa shape index (κ3) is 3.43. The first-order chi connectivity index (χ1) is 8.35. The van der Waals surface area contributed by atoms with Crippen LogP contribution in [0.15, 0.2) is 0 Å². The van der Waals surface area contributed by atoms with E-state index in [1.165, 1.54) is 45.1 Å². The summed E-state index contributed by atoms with van der Waals surface area (Å²) in [5.74, 6) is 0.962. The molecule has 2 fully saturated rings. The van der Waals surface area contributed by atoms with Crippen molar-refractivity contribution in [2.45, 2.75) is 57.0 Å². The van der Waals surface area contributed by atoms with Crippen molar-refractivity contribution in [3.8, 4) is 0 Å². The van der Waals surface area contributed by atoms with Crippen LogP contribution in [0.25, 0.3) is 0 Å². The Labute approximate surface area is 106 Å². The van der Waals surface area contributed by atoms with Crippen molar-refractivity contribution in [3.05, 3.63) is 0 Å². The van der Waals surface area contributed by atoms with E-state index in [9.17, 15) is 0 Å². The lowest BCUT2D eigenvalue weighted by atomic mass is 9.95. The van der Waals surface area contributed by atoms with E-state index in [1.54, 1.807) is 0 Å². The van der Waals surface area contributed by atoms with E-state index in [4.69, 9.17) is 5.11 Å². The summed E-state index contributed by atoms with van der Waals surface area (Å²) >= 11 is 0. The Morgan fingerprint density at radius 2 is 2.00 bits per heavy atom. The quantitative estimate of drug-likeness (QED) is 0.740. The maximum atomic E-state index is 9.06. The highest BCUT2D eigenvalue weighted by Gasteiger charge is 2.33. The predicted octanol–water partition coefficient (Wildman–Crippen LogP) is 1.61. The largest absolute Gasteiger partial charge is 0.396 e. The van der Waals surface area contributed by atoms with Gasteiger partial charge in [0.25, 0.3) is 0 Å². The molecule has 2 unspecified atom stereocenters. The fourth-order valence-corrected chi connectivity index (χ4v) is 3.72. The van der Waals surface area contributed by atoms with Gasteiger partial charge in [-0.25, -0.2) is 0 Å². The third-order valence-corrected chi connectivity index (χ3v) is 4.70. The van der Waals surface area contributed by atoms with Gasteiger partial charge >= 0.3 is 0 Å². The molecule has 2 aliphatic rings. The van der Waals surface area contributed by atoms with Crippen LogP contribution in [0.3, 0.4) is 0 Å². The number of aliphatic hydroxyl groups excluding tert-OH is 1. The number of likely N-dealkylation sites (N-methyl/N-ethyl adjacent to an activating group) is 1. The van der Waals surface area contributed by atoms with Crippen molar-refractivity contribution in [1.82, 2.24) is 10.2 Å². The molecule has 0 amide bonds. The second kappa shape index (κ2) is 6.72. The highest BCUT2D eigenvalue weighted by Crippen LogP contribution is 2.35. The molecule has 1 saturated carbocycles. The number of nitrogens with one attached hydrogen (secondary N) is 1. The lowest BCUT2D eigenvalue weighted by Crippen LogP contribution is -2.44. The third-order valence-electron chi connectivity index (χ3n) is 4.70. The van der Waals surface area contributed by atoms with Gasteiger partial charge in [-0.3, -0.25) is 4.90 Å². The standard InChI is InChI=1S/C14H28N2O/c1-15-13(8-10-17)11-16-9-4-7-14(16)12-5-2-3-6-12/h12-15,17H,2-11H2,1H3. The number of hydrogen-bond acceptors (Lipinski definition) is 3. The number of aliphatic hydroxyl groups is 1. The maximum absolute atomic E-state index is 9.06. The highest BCUT2D eigenvalue weighted by molar-refractivity contribution is 4.89. The molecule has 1 saturated heterocycles. The second-order valence-corrected chi connectivity index (χ2v) is 5.75. The molecule has 3 nitrogen and oxygen atoms in total. The number of rotatable bonds is 6. The van der Waals surface area contributed by atoms with Crippen molar-refractivity contribution in [3.63, 3.8) is 0 Å². The molecule has 1 heterocycles. The minimum Gasteiger partial charge on any atom is -0.396 e. The summed E-state index contributed by atoms with van der Waals surface area (Å²) in [5, 5.41) is 12.4. The maximum Gasteiger partial charge on any atom is 0.0446 e. The van der Waals surface area contributed by atoms with Crippen LogP contribution in [0, 0.1) is 5.92 Å². The Balaban J connectivity index is 1.85. The Morgan fingerprint density at radius 3 is 2.65 bits per heavy atom. The molecule has 17 heavy (non-hydrogen) atoms. The summed E-state index contributed by atoms with van der Waals surface area (Å²) < 4.78 is 0. The zero-order chi connectivity index (χ0) is 12.1. The molecular weight excluding hydrogens is 212 g/mol. The van der Waals surface area contributed by atoms with Crippen molar-refractivity contribution in [2.24, 2.45) is 5.92 Å². The van der Waals surface area contributed by atoms with Crippen molar-refractivity contribution in [2.75, 3.05) is 26.7 Å². The molecule has 0 bridgehead atoms. The second-order valence-electron chi connectivity index (χ2n) is 5.75. The highest BCUT2D eigenvalue weighted by atomic mass is 16.3. The molecule has 0 spiro atoms. The van der Waals surface area contributed by atoms with Gasteiger partial charge in [0, 0.05) is 25.2 Å². The normalized spacial score (nSPS) is 28.9. The average Bonchev–Trinajstić information content (AvgIpc) is 2.98. The Kier molecular flexibility index (Phi) is 5.26. The summed E-state index contributed by atoms with van der Waals surface area (Å²) in [6.45, 7) is 2.69. The minimum atomic E-state index is 0.299. The van der Waals surface area contributed by atoms with Crippen molar-refractivity contribution < 1.29 is 5.11 Å². The van der Waals surface area contributed by atoms with Gasteiger partial charge in [0.2, 0.25) is 0 Å². The molecule has 0 aromatic rings. The first kappa shape index (κ1) is 13.3. The first-order valence-corrected chi connectivity index (χ1v) is 7.37. The molecule has 100 valence electrons. The molecule has 0 radical (unpaired) electrons. The van der Waals surface area contributed by atoms with E-state index in [0.717, 1.165) is 24.9 Å². The molecule has 2 N–H and O–H groups in total. The molecule has 0 aromatic carbocycles.